The van der Waals surface area contributed by atoms with Crippen molar-refractivity contribution in [1.82, 2.24) is 15.5 Å². The van der Waals surface area contributed by atoms with Gasteiger partial charge in [-0.25, -0.2) is 4.79 Å². The van der Waals surface area contributed by atoms with Crippen LogP contribution in [0.4, 0.5) is 4.79 Å². The van der Waals surface area contributed by atoms with Crippen molar-refractivity contribution in [2.75, 3.05) is 13.1 Å². The SMILES string of the molecule is O=C1CCN(CC(=O)NC(Cc2ccccc2)CC2CCCCC2)C(=O)N1. The second-order valence-corrected chi connectivity index (χ2v) is 7.72. The van der Waals surface area contributed by atoms with Gasteiger partial charge in [-0.1, -0.05) is 62.4 Å². The second-order valence-electron chi connectivity index (χ2n) is 7.72. The molecule has 1 atom stereocenters. The molecule has 1 saturated carbocycles. The number of imide groups is 1. The Labute approximate surface area is 160 Å². The normalized spacial score (nSPS) is 19.5. The van der Waals surface area contributed by atoms with Crippen molar-refractivity contribution in [2.24, 2.45) is 5.92 Å². The third kappa shape index (κ3) is 6.08. The Bertz CT molecular complexity index is 656. The minimum Gasteiger partial charge on any atom is -0.351 e. The number of amides is 4. The minimum atomic E-state index is -0.478. The summed E-state index contributed by atoms with van der Waals surface area (Å²) in [5.41, 5.74) is 1.21. The van der Waals surface area contributed by atoms with Crippen LogP contribution in [0.25, 0.3) is 0 Å². The van der Waals surface area contributed by atoms with Gasteiger partial charge in [0, 0.05) is 19.0 Å². The van der Waals surface area contributed by atoms with Crippen molar-refractivity contribution in [1.29, 1.82) is 0 Å². The van der Waals surface area contributed by atoms with Crippen LogP contribution in [0.2, 0.25) is 0 Å². The predicted molar refractivity (Wildman–Crippen MR) is 103 cm³/mol. The fourth-order valence-electron chi connectivity index (χ4n) is 4.11. The summed E-state index contributed by atoms with van der Waals surface area (Å²) in [6.07, 6.45) is 8.36. The van der Waals surface area contributed by atoms with E-state index in [2.05, 4.69) is 22.8 Å². The first-order valence-corrected chi connectivity index (χ1v) is 10.0. The number of hydrogen-bond donors (Lipinski definition) is 2. The molecule has 0 spiro atoms. The van der Waals surface area contributed by atoms with Gasteiger partial charge in [-0.05, 0) is 24.3 Å². The van der Waals surface area contributed by atoms with E-state index in [0.717, 1.165) is 12.8 Å². The van der Waals surface area contributed by atoms with Gasteiger partial charge in [0.1, 0.15) is 6.54 Å². The smallest absolute Gasteiger partial charge is 0.324 e. The van der Waals surface area contributed by atoms with Gasteiger partial charge < -0.3 is 10.2 Å². The fraction of sp³-hybridized carbons (Fsp3) is 0.571. The highest BCUT2D eigenvalue weighted by Gasteiger charge is 2.26. The molecule has 1 aromatic carbocycles. The number of benzene rings is 1. The molecule has 0 bridgehead atoms. The van der Waals surface area contributed by atoms with E-state index >= 15 is 0 Å². The molecule has 0 radical (unpaired) electrons. The first kappa shape index (κ1) is 19.4. The predicted octanol–water partition coefficient (Wildman–Crippen LogP) is 2.63. The van der Waals surface area contributed by atoms with Crippen LogP contribution in [0.3, 0.4) is 0 Å². The lowest BCUT2D eigenvalue weighted by Gasteiger charge is -2.29. The third-order valence-electron chi connectivity index (χ3n) is 5.51. The molecule has 27 heavy (non-hydrogen) atoms. The average molecular weight is 371 g/mol. The summed E-state index contributed by atoms with van der Waals surface area (Å²) in [4.78, 5) is 37.1. The highest BCUT2D eigenvalue weighted by Crippen LogP contribution is 2.28. The van der Waals surface area contributed by atoms with Crippen LogP contribution in [-0.4, -0.2) is 41.9 Å². The van der Waals surface area contributed by atoms with Crippen molar-refractivity contribution in [2.45, 2.75) is 57.4 Å². The molecule has 2 aliphatic rings. The van der Waals surface area contributed by atoms with Crippen LogP contribution >= 0.6 is 0 Å². The maximum atomic E-state index is 12.6. The number of rotatable bonds is 7. The highest BCUT2D eigenvalue weighted by atomic mass is 16.2. The van der Waals surface area contributed by atoms with Crippen LogP contribution in [0, 0.1) is 5.92 Å². The summed E-state index contributed by atoms with van der Waals surface area (Å²) >= 11 is 0. The molecular weight excluding hydrogens is 342 g/mol. The zero-order chi connectivity index (χ0) is 19.1. The average Bonchev–Trinajstić information content (AvgIpc) is 2.66. The molecule has 2 fully saturated rings. The van der Waals surface area contributed by atoms with Gasteiger partial charge in [-0.3, -0.25) is 14.9 Å². The summed E-state index contributed by atoms with van der Waals surface area (Å²) in [5, 5.41) is 5.41. The number of nitrogens with one attached hydrogen (secondary N) is 2. The molecule has 2 N–H and O–H groups in total. The lowest BCUT2D eigenvalue weighted by atomic mass is 9.83. The van der Waals surface area contributed by atoms with Crippen molar-refractivity contribution in [3.05, 3.63) is 35.9 Å². The Kier molecular flexibility index (Phi) is 6.85. The van der Waals surface area contributed by atoms with Gasteiger partial charge in [0.05, 0.1) is 0 Å². The Morgan fingerprint density at radius 1 is 1.15 bits per heavy atom. The molecule has 4 amide bonds. The molecule has 6 nitrogen and oxygen atoms in total. The van der Waals surface area contributed by atoms with Crippen LogP contribution in [0.5, 0.6) is 0 Å². The molecule has 1 heterocycles. The standard InChI is InChI=1S/C21H29N3O3/c25-19-11-12-24(21(27)23-19)15-20(26)22-18(13-16-7-3-1-4-8-16)14-17-9-5-2-6-10-17/h1,3-4,7-8,17-18H,2,5-6,9-15H2,(H,22,26)(H,23,25,27). The molecule has 146 valence electrons. The number of carbonyl (C=O) groups excluding carboxylic acids is 3. The lowest BCUT2D eigenvalue weighted by Crippen LogP contribution is -2.53. The van der Waals surface area contributed by atoms with Crippen LogP contribution in [0.1, 0.15) is 50.5 Å². The second kappa shape index (κ2) is 9.53. The first-order valence-electron chi connectivity index (χ1n) is 10.0. The van der Waals surface area contributed by atoms with E-state index in [9.17, 15) is 14.4 Å². The van der Waals surface area contributed by atoms with E-state index in [-0.39, 0.29) is 30.8 Å². The van der Waals surface area contributed by atoms with E-state index in [1.807, 2.05) is 18.2 Å². The Morgan fingerprint density at radius 2 is 1.89 bits per heavy atom. The van der Waals surface area contributed by atoms with Crippen molar-refractivity contribution in [3.63, 3.8) is 0 Å². The summed E-state index contributed by atoms with van der Waals surface area (Å²) in [6.45, 7) is 0.291. The van der Waals surface area contributed by atoms with Gasteiger partial charge >= 0.3 is 6.03 Å². The molecule has 6 heteroatoms. The number of carbonyl (C=O) groups is 3. The fourth-order valence-corrected chi connectivity index (χ4v) is 4.11. The van der Waals surface area contributed by atoms with Crippen molar-refractivity contribution >= 4 is 17.8 Å². The Hall–Kier alpha value is -2.37. The van der Waals surface area contributed by atoms with Gasteiger partial charge in [0.2, 0.25) is 11.8 Å². The van der Waals surface area contributed by atoms with Crippen LogP contribution < -0.4 is 10.6 Å². The van der Waals surface area contributed by atoms with E-state index < -0.39 is 6.03 Å². The summed E-state index contributed by atoms with van der Waals surface area (Å²) < 4.78 is 0. The highest BCUT2D eigenvalue weighted by molar-refractivity contribution is 5.98. The molecule has 1 aliphatic carbocycles. The maximum Gasteiger partial charge on any atom is 0.324 e. The third-order valence-corrected chi connectivity index (χ3v) is 5.51. The molecular formula is C21H29N3O3. The van der Waals surface area contributed by atoms with Crippen molar-refractivity contribution < 1.29 is 14.4 Å². The van der Waals surface area contributed by atoms with Gasteiger partial charge in [-0.2, -0.15) is 0 Å². The monoisotopic (exact) mass is 371 g/mol. The van der Waals surface area contributed by atoms with Gasteiger partial charge in [0.25, 0.3) is 0 Å². The van der Waals surface area contributed by atoms with E-state index in [1.165, 1.54) is 42.6 Å². The molecule has 0 aromatic heterocycles. The number of nitrogens with zero attached hydrogens (tertiary/aromatic N) is 1. The molecule has 1 aliphatic heterocycles. The molecule has 1 saturated heterocycles. The quantitative estimate of drug-likeness (QED) is 0.773. The van der Waals surface area contributed by atoms with E-state index in [1.54, 1.807) is 0 Å². The van der Waals surface area contributed by atoms with E-state index in [0.29, 0.717) is 12.5 Å². The molecule has 1 aromatic rings. The number of urea groups is 1. The van der Waals surface area contributed by atoms with Gasteiger partial charge in [0.15, 0.2) is 0 Å². The van der Waals surface area contributed by atoms with Gasteiger partial charge in [-0.15, -0.1) is 0 Å². The largest absolute Gasteiger partial charge is 0.351 e. The topological polar surface area (TPSA) is 78.5 Å². The van der Waals surface area contributed by atoms with Crippen molar-refractivity contribution in [3.8, 4) is 0 Å². The first-order chi connectivity index (χ1) is 13.1. The van der Waals surface area contributed by atoms with Crippen LogP contribution in [-0.2, 0) is 16.0 Å². The maximum absolute atomic E-state index is 12.6. The lowest BCUT2D eigenvalue weighted by molar-refractivity contribution is -0.125. The van der Waals surface area contributed by atoms with Crippen LogP contribution in [0.15, 0.2) is 30.3 Å². The molecule has 3 rings (SSSR count). The molecule has 1 unspecified atom stereocenters. The summed E-state index contributed by atoms with van der Waals surface area (Å²) in [7, 11) is 0. The number of hydrogen-bond acceptors (Lipinski definition) is 3. The summed E-state index contributed by atoms with van der Waals surface area (Å²) in [5.74, 6) is 0.218. The summed E-state index contributed by atoms with van der Waals surface area (Å²) in [6, 6.07) is 9.79. The minimum absolute atomic E-state index is 0.00489. The zero-order valence-electron chi connectivity index (χ0n) is 15.8. The Morgan fingerprint density at radius 3 is 2.59 bits per heavy atom. The Balaban J connectivity index is 1.58. The zero-order valence-corrected chi connectivity index (χ0v) is 15.8. The van der Waals surface area contributed by atoms with E-state index in [4.69, 9.17) is 0 Å².